The molecule has 2 N–H and O–H groups in total. The maximum atomic E-state index is 13.0. The van der Waals surface area contributed by atoms with Crippen molar-refractivity contribution in [2.45, 2.75) is 26.2 Å². The normalized spacial score (nSPS) is 20.3. The lowest BCUT2D eigenvalue weighted by molar-refractivity contribution is 0.0776. The fourth-order valence-corrected chi connectivity index (χ4v) is 3.40. The molecule has 2 aromatic carbocycles. The van der Waals surface area contributed by atoms with Crippen LogP contribution in [0.15, 0.2) is 54.6 Å². The number of aryl methyl sites for hydroxylation is 2. The highest BCUT2D eigenvalue weighted by molar-refractivity contribution is 5.96. The summed E-state index contributed by atoms with van der Waals surface area (Å²) in [5.74, 6) is 0.149. The van der Waals surface area contributed by atoms with E-state index >= 15 is 0 Å². The molecule has 0 spiro atoms. The summed E-state index contributed by atoms with van der Waals surface area (Å²) in [5, 5.41) is 0. The number of nitrogens with two attached hydrogens (primary N) is 1. The Morgan fingerprint density at radius 2 is 1.79 bits per heavy atom. The summed E-state index contributed by atoms with van der Waals surface area (Å²) in [6.45, 7) is 4.36. The SMILES string of the molecule is CC1(CN)CCN(C(=O)c2ccccc2CCc2ccccc2)C1. The van der Waals surface area contributed by atoms with Gasteiger partial charge in [-0.15, -0.1) is 0 Å². The van der Waals surface area contributed by atoms with Crippen LogP contribution in [0.25, 0.3) is 0 Å². The highest BCUT2D eigenvalue weighted by atomic mass is 16.2. The van der Waals surface area contributed by atoms with Gasteiger partial charge in [0, 0.05) is 18.7 Å². The smallest absolute Gasteiger partial charge is 0.254 e. The standard InChI is InChI=1S/C21H26N2O/c1-21(15-22)13-14-23(16-21)20(24)19-10-6-5-9-18(19)12-11-17-7-3-2-4-8-17/h2-10H,11-16,22H2,1H3. The number of nitrogens with zero attached hydrogens (tertiary/aromatic N) is 1. The van der Waals surface area contributed by atoms with Crippen molar-refractivity contribution in [2.75, 3.05) is 19.6 Å². The first-order valence-corrected chi connectivity index (χ1v) is 8.72. The molecule has 1 amide bonds. The summed E-state index contributed by atoms with van der Waals surface area (Å²) in [4.78, 5) is 14.9. The van der Waals surface area contributed by atoms with Gasteiger partial charge < -0.3 is 10.6 Å². The zero-order valence-corrected chi connectivity index (χ0v) is 14.4. The van der Waals surface area contributed by atoms with Crippen molar-refractivity contribution < 1.29 is 4.79 Å². The number of hydrogen-bond acceptors (Lipinski definition) is 2. The first kappa shape index (κ1) is 16.7. The van der Waals surface area contributed by atoms with E-state index in [9.17, 15) is 4.79 Å². The van der Waals surface area contributed by atoms with E-state index in [0.29, 0.717) is 6.54 Å². The zero-order chi connectivity index (χ0) is 17.0. The molecule has 0 aliphatic carbocycles. The number of carbonyl (C=O) groups excluding carboxylic acids is 1. The Hall–Kier alpha value is -2.13. The van der Waals surface area contributed by atoms with Crippen LogP contribution in [-0.2, 0) is 12.8 Å². The van der Waals surface area contributed by atoms with Crippen LogP contribution in [0.2, 0.25) is 0 Å². The van der Waals surface area contributed by atoms with Crippen molar-refractivity contribution in [3.63, 3.8) is 0 Å². The van der Waals surface area contributed by atoms with E-state index in [1.54, 1.807) is 0 Å². The van der Waals surface area contributed by atoms with Crippen molar-refractivity contribution in [1.29, 1.82) is 0 Å². The van der Waals surface area contributed by atoms with Crippen molar-refractivity contribution in [3.05, 3.63) is 71.3 Å². The Balaban J connectivity index is 1.73. The van der Waals surface area contributed by atoms with Gasteiger partial charge >= 0.3 is 0 Å². The van der Waals surface area contributed by atoms with Gasteiger partial charge in [-0.3, -0.25) is 4.79 Å². The molecule has 0 saturated carbocycles. The van der Waals surface area contributed by atoms with E-state index in [-0.39, 0.29) is 11.3 Å². The lowest BCUT2D eigenvalue weighted by Crippen LogP contribution is -2.34. The molecule has 24 heavy (non-hydrogen) atoms. The molecule has 3 heteroatoms. The lowest BCUT2D eigenvalue weighted by Gasteiger charge is -2.23. The van der Waals surface area contributed by atoms with E-state index in [2.05, 4.69) is 37.3 Å². The summed E-state index contributed by atoms with van der Waals surface area (Å²) in [7, 11) is 0. The third kappa shape index (κ3) is 3.68. The molecule has 1 atom stereocenters. The Morgan fingerprint density at radius 3 is 2.50 bits per heavy atom. The molecule has 0 bridgehead atoms. The van der Waals surface area contributed by atoms with Crippen LogP contribution >= 0.6 is 0 Å². The fourth-order valence-electron chi connectivity index (χ4n) is 3.40. The quantitative estimate of drug-likeness (QED) is 0.918. The summed E-state index contributed by atoms with van der Waals surface area (Å²) < 4.78 is 0. The number of carbonyl (C=O) groups is 1. The van der Waals surface area contributed by atoms with Gasteiger partial charge in [-0.25, -0.2) is 0 Å². The molecule has 126 valence electrons. The minimum atomic E-state index is 0.0641. The van der Waals surface area contributed by atoms with Crippen LogP contribution in [0, 0.1) is 5.41 Å². The van der Waals surface area contributed by atoms with Gasteiger partial charge in [0.05, 0.1) is 0 Å². The van der Waals surface area contributed by atoms with E-state index in [1.165, 1.54) is 5.56 Å². The molecular formula is C21H26N2O. The molecule has 3 nitrogen and oxygen atoms in total. The molecule has 0 radical (unpaired) electrons. The molecule has 0 aromatic heterocycles. The highest BCUT2D eigenvalue weighted by Gasteiger charge is 2.35. The van der Waals surface area contributed by atoms with Crippen LogP contribution < -0.4 is 5.73 Å². The van der Waals surface area contributed by atoms with Crippen LogP contribution in [0.5, 0.6) is 0 Å². The van der Waals surface area contributed by atoms with Gasteiger partial charge in [-0.2, -0.15) is 0 Å². The van der Waals surface area contributed by atoms with Gasteiger partial charge in [-0.05, 0) is 48.4 Å². The Morgan fingerprint density at radius 1 is 1.08 bits per heavy atom. The number of benzene rings is 2. The summed E-state index contributed by atoms with van der Waals surface area (Å²) in [5.41, 5.74) is 9.21. The summed E-state index contributed by atoms with van der Waals surface area (Å²) in [6, 6.07) is 18.4. The number of likely N-dealkylation sites (tertiary alicyclic amines) is 1. The zero-order valence-electron chi connectivity index (χ0n) is 14.4. The van der Waals surface area contributed by atoms with Crippen molar-refractivity contribution >= 4 is 5.91 Å². The van der Waals surface area contributed by atoms with Crippen LogP contribution in [-0.4, -0.2) is 30.4 Å². The second-order valence-corrected chi connectivity index (χ2v) is 7.13. The van der Waals surface area contributed by atoms with Gasteiger partial charge in [0.15, 0.2) is 0 Å². The molecule has 2 aromatic rings. The van der Waals surface area contributed by atoms with Gasteiger partial charge in [0.1, 0.15) is 0 Å². The Kier molecular flexibility index (Phi) is 5.00. The van der Waals surface area contributed by atoms with Crippen LogP contribution in [0.4, 0.5) is 0 Å². The van der Waals surface area contributed by atoms with E-state index in [4.69, 9.17) is 5.73 Å². The van der Waals surface area contributed by atoms with Crippen molar-refractivity contribution in [2.24, 2.45) is 11.1 Å². The lowest BCUT2D eigenvalue weighted by atomic mass is 9.90. The van der Waals surface area contributed by atoms with Gasteiger partial charge in [-0.1, -0.05) is 55.5 Å². The molecule has 1 heterocycles. The van der Waals surface area contributed by atoms with E-state index in [1.807, 2.05) is 29.2 Å². The first-order valence-electron chi connectivity index (χ1n) is 8.72. The van der Waals surface area contributed by atoms with Crippen molar-refractivity contribution in [3.8, 4) is 0 Å². The van der Waals surface area contributed by atoms with Crippen LogP contribution in [0.1, 0.15) is 34.8 Å². The molecule has 1 unspecified atom stereocenters. The van der Waals surface area contributed by atoms with Crippen LogP contribution in [0.3, 0.4) is 0 Å². The molecule has 1 saturated heterocycles. The maximum absolute atomic E-state index is 13.0. The largest absolute Gasteiger partial charge is 0.338 e. The minimum Gasteiger partial charge on any atom is -0.338 e. The Labute approximate surface area is 144 Å². The van der Waals surface area contributed by atoms with E-state index in [0.717, 1.165) is 43.5 Å². The highest BCUT2D eigenvalue weighted by Crippen LogP contribution is 2.30. The minimum absolute atomic E-state index is 0.0641. The predicted octanol–water partition coefficient (Wildman–Crippen LogP) is 3.28. The number of amides is 1. The maximum Gasteiger partial charge on any atom is 0.254 e. The first-order chi connectivity index (χ1) is 11.6. The van der Waals surface area contributed by atoms with Crippen molar-refractivity contribution in [1.82, 2.24) is 4.90 Å². The average Bonchev–Trinajstić information content (AvgIpc) is 3.03. The van der Waals surface area contributed by atoms with E-state index < -0.39 is 0 Å². The second-order valence-electron chi connectivity index (χ2n) is 7.13. The average molecular weight is 322 g/mol. The van der Waals surface area contributed by atoms with Gasteiger partial charge in [0.2, 0.25) is 0 Å². The summed E-state index contributed by atoms with van der Waals surface area (Å²) in [6.07, 6.45) is 2.82. The molecule has 1 fully saturated rings. The fraction of sp³-hybridized carbons (Fsp3) is 0.381. The molecule has 1 aliphatic rings. The second kappa shape index (κ2) is 7.18. The third-order valence-electron chi connectivity index (χ3n) is 5.11. The predicted molar refractivity (Wildman–Crippen MR) is 98.0 cm³/mol. The number of hydrogen-bond donors (Lipinski definition) is 1. The topological polar surface area (TPSA) is 46.3 Å². The summed E-state index contributed by atoms with van der Waals surface area (Å²) >= 11 is 0. The monoisotopic (exact) mass is 322 g/mol. The van der Waals surface area contributed by atoms with Gasteiger partial charge in [0.25, 0.3) is 5.91 Å². The molecular weight excluding hydrogens is 296 g/mol. The molecule has 3 rings (SSSR count). The Bertz CT molecular complexity index is 698. The third-order valence-corrected chi connectivity index (χ3v) is 5.11. The molecule has 1 aliphatic heterocycles. The number of rotatable bonds is 5.